The molecule has 1 rings (SSSR count). The van der Waals surface area contributed by atoms with E-state index < -0.39 is 0 Å². The molecule has 0 spiro atoms. The Morgan fingerprint density at radius 1 is 1.17 bits per heavy atom. The summed E-state index contributed by atoms with van der Waals surface area (Å²) >= 11 is 0. The largest absolute Gasteiger partial charge is 0.399 e. The van der Waals surface area contributed by atoms with Gasteiger partial charge in [-0.2, -0.15) is 0 Å². The molecule has 3 N–H and O–H groups in total. The third-order valence-electron chi connectivity index (χ3n) is 3.33. The van der Waals surface area contributed by atoms with E-state index in [1.54, 1.807) is 0 Å². The van der Waals surface area contributed by atoms with Crippen molar-refractivity contribution in [3.8, 4) is 0 Å². The van der Waals surface area contributed by atoms with Gasteiger partial charge in [-0.15, -0.1) is 0 Å². The molecule has 18 heavy (non-hydrogen) atoms. The van der Waals surface area contributed by atoms with Crippen molar-refractivity contribution in [1.82, 2.24) is 4.90 Å². The summed E-state index contributed by atoms with van der Waals surface area (Å²) in [6, 6.07) is 8.45. The minimum absolute atomic E-state index is 0.504. The molecule has 0 saturated heterocycles. The van der Waals surface area contributed by atoms with Crippen molar-refractivity contribution >= 4 is 11.4 Å². The Hall–Kier alpha value is -1.22. The van der Waals surface area contributed by atoms with Gasteiger partial charge in [0.2, 0.25) is 0 Å². The lowest BCUT2D eigenvalue weighted by Crippen LogP contribution is -2.25. The summed E-state index contributed by atoms with van der Waals surface area (Å²) in [5.74, 6) is 0. The summed E-state index contributed by atoms with van der Waals surface area (Å²) in [7, 11) is 0. The average Bonchev–Trinajstić information content (AvgIpc) is 2.37. The number of anilines is 2. The number of hydrogen-bond donors (Lipinski definition) is 2. The van der Waals surface area contributed by atoms with E-state index in [0.717, 1.165) is 24.5 Å². The fraction of sp³-hybridized carbons (Fsp3) is 0.600. The molecule has 1 atom stereocenters. The fourth-order valence-electron chi connectivity index (χ4n) is 2.10. The van der Waals surface area contributed by atoms with Gasteiger partial charge >= 0.3 is 0 Å². The molecule has 0 saturated carbocycles. The highest BCUT2D eigenvalue weighted by Crippen LogP contribution is 2.13. The van der Waals surface area contributed by atoms with Gasteiger partial charge in [-0.05, 0) is 63.7 Å². The quantitative estimate of drug-likeness (QED) is 0.695. The van der Waals surface area contributed by atoms with Crippen LogP contribution in [0, 0.1) is 0 Å². The molecule has 0 heterocycles. The van der Waals surface area contributed by atoms with Crippen LogP contribution in [0.3, 0.4) is 0 Å². The molecule has 1 aromatic rings. The second kappa shape index (κ2) is 7.98. The molecule has 1 aromatic carbocycles. The summed E-state index contributed by atoms with van der Waals surface area (Å²) in [6.07, 6.45) is 2.44. The van der Waals surface area contributed by atoms with Crippen LogP contribution < -0.4 is 11.1 Å². The first kappa shape index (κ1) is 14.8. The van der Waals surface area contributed by atoms with Gasteiger partial charge < -0.3 is 16.0 Å². The summed E-state index contributed by atoms with van der Waals surface area (Å²) in [6.45, 7) is 10.2. The smallest absolute Gasteiger partial charge is 0.0343 e. The van der Waals surface area contributed by atoms with Crippen LogP contribution in [-0.4, -0.2) is 30.6 Å². The first-order valence-electron chi connectivity index (χ1n) is 7.00. The highest BCUT2D eigenvalue weighted by molar-refractivity contribution is 5.51. The molecule has 0 amide bonds. The van der Waals surface area contributed by atoms with Gasteiger partial charge in [-0.25, -0.2) is 0 Å². The van der Waals surface area contributed by atoms with Crippen LogP contribution in [0.4, 0.5) is 11.4 Å². The van der Waals surface area contributed by atoms with Gasteiger partial charge in [0, 0.05) is 17.4 Å². The van der Waals surface area contributed by atoms with Crippen molar-refractivity contribution in [3.05, 3.63) is 24.3 Å². The van der Waals surface area contributed by atoms with Crippen LogP contribution in [0.5, 0.6) is 0 Å². The summed E-state index contributed by atoms with van der Waals surface area (Å²) < 4.78 is 0. The maximum atomic E-state index is 5.67. The second-order valence-electron chi connectivity index (χ2n) is 4.84. The number of hydrogen-bond acceptors (Lipinski definition) is 3. The molecule has 0 bridgehead atoms. The van der Waals surface area contributed by atoms with Crippen LogP contribution in [0.2, 0.25) is 0 Å². The Labute approximate surface area is 111 Å². The van der Waals surface area contributed by atoms with Crippen molar-refractivity contribution in [2.75, 3.05) is 30.7 Å². The van der Waals surface area contributed by atoms with Crippen LogP contribution in [-0.2, 0) is 0 Å². The van der Waals surface area contributed by atoms with Gasteiger partial charge in [0.25, 0.3) is 0 Å². The maximum absolute atomic E-state index is 5.67. The number of nitrogens with two attached hydrogens (primary N) is 1. The van der Waals surface area contributed by atoms with E-state index in [4.69, 9.17) is 5.73 Å². The van der Waals surface area contributed by atoms with E-state index in [0.29, 0.717) is 6.04 Å². The number of benzene rings is 1. The van der Waals surface area contributed by atoms with Gasteiger partial charge in [-0.1, -0.05) is 13.8 Å². The molecule has 0 aromatic heterocycles. The third-order valence-corrected chi connectivity index (χ3v) is 3.33. The third kappa shape index (κ3) is 5.41. The van der Waals surface area contributed by atoms with E-state index in [-0.39, 0.29) is 0 Å². The molecule has 0 aliphatic heterocycles. The lowest BCUT2D eigenvalue weighted by atomic mass is 10.1. The minimum atomic E-state index is 0.504. The van der Waals surface area contributed by atoms with E-state index in [1.807, 2.05) is 24.3 Å². The van der Waals surface area contributed by atoms with Crippen LogP contribution >= 0.6 is 0 Å². The number of rotatable bonds is 8. The van der Waals surface area contributed by atoms with Crippen molar-refractivity contribution < 1.29 is 0 Å². The SMILES string of the molecule is CCN(CC)CCCC(C)Nc1ccc(N)cc1. The molecule has 1 unspecified atom stereocenters. The Morgan fingerprint density at radius 3 is 2.33 bits per heavy atom. The monoisotopic (exact) mass is 249 g/mol. The van der Waals surface area contributed by atoms with Crippen LogP contribution in [0.1, 0.15) is 33.6 Å². The molecule has 3 nitrogen and oxygen atoms in total. The minimum Gasteiger partial charge on any atom is -0.399 e. The molecule has 102 valence electrons. The zero-order chi connectivity index (χ0) is 13.4. The maximum Gasteiger partial charge on any atom is 0.0343 e. The fourth-order valence-corrected chi connectivity index (χ4v) is 2.10. The van der Waals surface area contributed by atoms with E-state index in [9.17, 15) is 0 Å². The molecule has 3 heteroatoms. The average molecular weight is 249 g/mol. The summed E-state index contributed by atoms with van der Waals surface area (Å²) in [5, 5.41) is 3.50. The van der Waals surface area contributed by atoms with Crippen LogP contribution in [0.15, 0.2) is 24.3 Å². The van der Waals surface area contributed by atoms with Crippen molar-refractivity contribution in [2.24, 2.45) is 0 Å². The Morgan fingerprint density at radius 2 is 1.78 bits per heavy atom. The lowest BCUT2D eigenvalue weighted by molar-refractivity contribution is 0.295. The zero-order valence-corrected chi connectivity index (χ0v) is 11.9. The van der Waals surface area contributed by atoms with Gasteiger partial charge in [0.1, 0.15) is 0 Å². The normalized spacial score (nSPS) is 12.7. The van der Waals surface area contributed by atoms with Crippen molar-refractivity contribution in [2.45, 2.75) is 39.7 Å². The molecule has 0 aliphatic carbocycles. The Balaban J connectivity index is 2.25. The van der Waals surface area contributed by atoms with Crippen LogP contribution in [0.25, 0.3) is 0 Å². The predicted molar refractivity (Wildman–Crippen MR) is 81.0 cm³/mol. The molecular weight excluding hydrogens is 222 g/mol. The van der Waals surface area contributed by atoms with Gasteiger partial charge in [0.15, 0.2) is 0 Å². The number of nitrogens with one attached hydrogen (secondary N) is 1. The summed E-state index contributed by atoms with van der Waals surface area (Å²) in [4.78, 5) is 2.47. The number of nitrogens with zero attached hydrogens (tertiary/aromatic N) is 1. The van der Waals surface area contributed by atoms with E-state index in [2.05, 4.69) is 31.0 Å². The highest BCUT2D eigenvalue weighted by atomic mass is 15.1. The summed E-state index contributed by atoms with van der Waals surface area (Å²) in [5.41, 5.74) is 7.64. The highest BCUT2D eigenvalue weighted by Gasteiger charge is 2.04. The molecule has 0 fully saturated rings. The lowest BCUT2D eigenvalue weighted by Gasteiger charge is -2.20. The second-order valence-corrected chi connectivity index (χ2v) is 4.84. The van der Waals surface area contributed by atoms with Crippen molar-refractivity contribution in [1.29, 1.82) is 0 Å². The predicted octanol–water partition coefficient (Wildman–Crippen LogP) is 3.19. The van der Waals surface area contributed by atoms with E-state index in [1.165, 1.54) is 19.4 Å². The number of nitrogen functional groups attached to an aromatic ring is 1. The Kier molecular flexibility index (Phi) is 6.58. The first-order valence-corrected chi connectivity index (χ1v) is 7.00. The topological polar surface area (TPSA) is 41.3 Å². The molecular formula is C15H27N3. The zero-order valence-electron chi connectivity index (χ0n) is 11.9. The van der Waals surface area contributed by atoms with Gasteiger partial charge in [0.05, 0.1) is 0 Å². The van der Waals surface area contributed by atoms with E-state index >= 15 is 0 Å². The standard InChI is InChI=1S/C15H27N3/c1-4-18(5-2)12-6-7-13(3)17-15-10-8-14(16)9-11-15/h8-11,13,17H,4-7,12,16H2,1-3H3. The molecule has 0 aliphatic rings. The first-order chi connectivity index (χ1) is 8.65. The van der Waals surface area contributed by atoms with Crippen molar-refractivity contribution in [3.63, 3.8) is 0 Å². The Bertz CT molecular complexity index is 317. The van der Waals surface area contributed by atoms with Gasteiger partial charge in [-0.3, -0.25) is 0 Å². The molecule has 0 radical (unpaired) electrons.